The molecule has 0 saturated carbocycles. The van der Waals surface area contributed by atoms with Crippen molar-refractivity contribution in [1.82, 2.24) is 26.0 Å². The molecule has 1 fully saturated rings. The molecule has 0 aliphatic carbocycles. The van der Waals surface area contributed by atoms with E-state index in [1.54, 1.807) is 44.7 Å². The van der Waals surface area contributed by atoms with Crippen LogP contribution < -0.4 is 16.1 Å². The minimum Gasteiger partial charge on any atom is -0.443 e. The SMILES string of the molecule is Cc1ccc(CNC(=O)[C@H](C)NC(=O)N(CC(=O)N2CCCC[C@@H]2C)NC(=O)OC(C)(C)C)c(F)c1. The number of likely N-dealkylation sites (tertiary alicyclic amines) is 1. The van der Waals surface area contributed by atoms with Gasteiger partial charge in [0, 0.05) is 24.7 Å². The third-order valence-corrected chi connectivity index (χ3v) is 5.68. The van der Waals surface area contributed by atoms with E-state index in [0.29, 0.717) is 12.1 Å². The van der Waals surface area contributed by atoms with Crippen molar-refractivity contribution < 1.29 is 28.3 Å². The van der Waals surface area contributed by atoms with Gasteiger partial charge in [-0.3, -0.25) is 9.59 Å². The molecule has 2 atom stereocenters. The highest BCUT2D eigenvalue weighted by molar-refractivity contribution is 5.89. The summed E-state index contributed by atoms with van der Waals surface area (Å²) < 4.78 is 19.3. The molecular formula is C25H38FN5O5. The highest BCUT2D eigenvalue weighted by Gasteiger charge is 2.30. The second-order valence-corrected chi connectivity index (χ2v) is 10.1. The molecule has 1 saturated heterocycles. The van der Waals surface area contributed by atoms with Crippen LogP contribution in [0.1, 0.15) is 65.0 Å². The summed E-state index contributed by atoms with van der Waals surface area (Å²) in [4.78, 5) is 52.4. The van der Waals surface area contributed by atoms with Gasteiger partial charge in [0.25, 0.3) is 0 Å². The van der Waals surface area contributed by atoms with Crippen molar-refractivity contribution in [2.45, 2.75) is 85.0 Å². The summed E-state index contributed by atoms with van der Waals surface area (Å²) in [6.45, 7) is 10.2. The first-order valence-electron chi connectivity index (χ1n) is 12.2. The number of rotatable bonds is 6. The van der Waals surface area contributed by atoms with Crippen molar-refractivity contribution in [3.05, 3.63) is 35.1 Å². The molecule has 1 aromatic rings. The Balaban J connectivity index is 2.04. The molecule has 2 rings (SSSR count). The molecule has 200 valence electrons. The number of carbonyl (C=O) groups is 4. The zero-order chi connectivity index (χ0) is 27.0. The molecule has 11 heteroatoms. The Kier molecular flexibility index (Phi) is 10.1. The lowest BCUT2D eigenvalue weighted by atomic mass is 10.0. The highest BCUT2D eigenvalue weighted by Crippen LogP contribution is 2.17. The minimum atomic E-state index is -1.03. The molecule has 0 radical (unpaired) electrons. The van der Waals surface area contributed by atoms with Crippen molar-refractivity contribution >= 4 is 23.9 Å². The Hall–Kier alpha value is -3.37. The average molecular weight is 508 g/mol. The van der Waals surface area contributed by atoms with Crippen molar-refractivity contribution in [2.24, 2.45) is 0 Å². The molecular weight excluding hydrogens is 469 g/mol. The van der Waals surface area contributed by atoms with Crippen LogP contribution in [0.2, 0.25) is 0 Å². The van der Waals surface area contributed by atoms with Crippen molar-refractivity contribution in [3.63, 3.8) is 0 Å². The zero-order valence-electron chi connectivity index (χ0n) is 21.9. The van der Waals surface area contributed by atoms with Gasteiger partial charge in [-0.25, -0.2) is 24.4 Å². The topological polar surface area (TPSA) is 120 Å². The number of carbonyl (C=O) groups excluding carboxylic acids is 4. The third kappa shape index (κ3) is 9.01. The molecule has 0 spiro atoms. The van der Waals surface area contributed by atoms with Gasteiger partial charge in [-0.15, -0.1) is 0 Å². The summed E-state index contributed by atoms with van der Waals surface area (Å²) in [5.74, 6) is -1.33. The minimum absolute atomic E-state index is 0.0181. The fourth-order valence-electron chi connectivity index (χ4n) is 3.73. The number of nitrogens with zero attached hydrogens (tertiary/aromatic N) is 2. The molecule has 1 aromatic carbocycles. The van der Waals surface area contributed by atoms with Gasteiger partial charge in [0.2, 0.25) is 11.8 Å². The lowest BCUT2D eigenvalue weighted by molar-refractivity contribution is -0.135. The number of halogens is 1. The highest BCUT2D eigenvalue weighted by atomic mass is 19.1. The van der Waals surface area contributed by atoms with E-state index in [0.717, 1.165) is 29.8 Å². The number of piperidine rings is 1. The van der Waals surface area contributed by atoms with Crippen LogP contribution in [0.3, 0.4) is 0 Å². The van der Waals surface area contributed by atoms with E-state index in [2.05, 4.69) is 16.1 Å². The van der Waals surface area contributed by atoms with Crippen LogP contribution in [-0.4, -0.2) is 64.6 Å². The number of amides is 5. The van der Waals surface area contributed by atoms with E-state index in [9.17, 15) is 23.6 Å². The second kappa shape index (κ2) is 12.5. The van der Waals surface area contributed by atoms with Gasteiger partial charge in [-0.05, 0) is 72.4 Å². The number of ether oxygens (including phenoxy) is 1. The lowest BCUT2D eigenvalue weighted by Gasteiger charge is -2.35. The van der Waals surface area contributed by atoms with E-state index in [1.165, 1.54) is 13.0 Å². The van der Waals surface area contributed by atoms with E-state index < -0.39 is 42.0 Å². The summed E-state index contributed by atoms with van der Waals surface area (Å²) in [5, 5.41) is 5.85. The zero-order valence-corrected chi connectivity index (χ0v) is 21.9. The number of nitrogens with one attached hydrogen (secondary N) is 3. The summed E-state index contributed by atoms with van der Waals surface area (Å²) >= 11 is 0. The molecule has 0 aromatic heterocycles. The average Bonchev–Trinajstić information content (AvgIpc) is 2.76. The molecule has 5 amide bonds. The first kappa shape index (κ1) is 28.9. The van der Waals surface area contributed by atoms with Crippen molar-refractivity contribution in [1.29, 1.82) is 0 Å². The lowest BCUT2D eigenvalue weighted by Crippen LogP contribution is -2.58. The normalized spacial score (nSPS) is 16.5. The van der Waals surface area contributed by atoms with Crippen LogP contribution >= 0.6 is 0 Å². The molecule has 3 N–H and O–H groups in total. The Morgan fingerprint density at radius 3 is 2.53 bits per heavy atom. The number of hydrazine groups is 1. The van der Waals surface area contributed by atoms with Crippen molar-refractivity contribution in [2.75, 3.05) is 13.1 Å². The summed E-state index contributed by atoms with van der Waals surface area (Å²) in [6, 6.07) is 2.81. The molecule has 1 aliphatic heterocycles. The molecule has 36 heavy (non-hydrogen) atoms. The summed E-state index contributed by atoms with van der Waals surface area (Å²) in [6.07, 6.45) is 1.82. The van der Waals surface area contributed by atoms with E-state index in [-0.39, 0.29) is 18.5 Å². The molecule has 0 unspecified atom stereocenters. The van der Waals surface area contributed by atoms with E-state index in [4.69, 9.17) is 4.74 Å². The monoisotopic (exact) mass is 507 g/mol. The number of benzene rings is 1. The van der Waals surface area contributed by atoms with Gasteiger partial charge in [-0.1, -0.05) is 12.1 Å². The predicted molar refractivity (Wildman–Crippen MR) is 132 cm³/mol. The predicted octanol–water partition coefficient (Wildman–Crippen LogP) is 2.99. The van der Waals surface area contributed by atoms with Gasteiger partial charge in [-0.2, -0.15) is 0 Å². The third-order valence-electron chi connectivity index (χ3n) is 5.68. The van der Waals surface area contributed by atoms with Crippen molar-refractivity contribution in [3.8, 4) is 0 Å². The van der Waals surface area contributed by atoms with Gasteiger partial charge in [0.1, 0.15) is 24.0 Å². The number of hydrogen-bond donors (Lipinski definition) is 3. The van der Waals surface area contributed by atoms with Gasteiger partial charge in [0.15, 0.2) is 0 Å². The first-order valence-corrected chi connectivity index (χ1v) is 12.2. The van der Waals surface area contributed by atoms with Crippen LogP contribution in [0.25, 0.3) is 0 Å². The van der Waals surface area contributed by atoms with E-state index in [1.807, 2.05) is 6.92 Å². The van der Waals surface area contributed by atoms with Gasteiger partial charge >= 0.3 is 12.1 Å². The maximum absolute atomic E-state index is 14.0. The molecule has 10 nitrogen and oxygen atoms in total. The number of hydrogen-bond acceptors (Lipinski definition) is 5. The van der Waals surface area contributed by atoms with Crippen LogP contribution in [0.5, 0.6) is 0 Å². The first-order chi connectivity index (χ1) is 16.8. The van der Waals surface area contributed by atoms with Crippen LogP contribution in [-0.2, 0) is 20.9 Å². The van der Waals surface area contributed by atoms with Crippen LogP contribution in [0.4, 0.5) is 14.0 Å². The fourth-order valence-corrected chi connectivity index (χ4v) is 3.73. The number of urea groups is 1. The largest absolute Gasteiger partial charge is 0.443 e. The maximum Gasteiger partial charge on any atom is 0.426 e. The fraction of sp³-hybridized carbons (Fsp3) is 0.600. The Morgan fingerprint density at radius 1 is 1.22 bits per heavy atom. The number of aryl methyl sites for hydroxylation is 1. The summed E-state index contributed by atoms with van der Waals surface area (Å²) in [7, 11) is 0. The Labute approximate surface area is 211 Å². The van der Waals surface area contributed by atoms with Crippen LogP contribution in [0, 0.1) is 12.7 Å². The van der Waals surface area contributed by atoms with Gasteiger partial charge in [0.05, 0.1) is 0 Å². The van der Waals surface area contributed by atoms with E-state index >= 15 is 0 Å². The quantitative estimate of drug-likeness (QED) is 0.512. The smallest absolute Gasteiger partial charge is 0.426 e. The molecule has 0 bridgehead atoms. The molecule has 1 heterocycles. The maximum atomic E-state index is 14.0. The Bertz CT molecular complexity index is 965. The standard InChI is InChI=1S/C25H38FN5O5/c1-16-10-11-19(20(26)13-16)14-27-22(33)18(3)28-23(34)31(29-24(35)36-25(4,5)6)15-21(32)30-12-8-7-9-17(30)2/h10-11,13,17-18H,7-9,12,14-15H2,1-6H3,(H,27,33)(H,28,34)(H,29,35)/t17-,18-/m0/s1. The second-order valence-electron chi connectivity index (χ2n) is 10.1. The Morgan fingerprint density at radius 2 is 1.92 bits per heavy atom. The summed E-state index contributed by atoms with van der Waals surface area (Å²) in [5.41, 5.74) is 2.55. The van der Waals surface area contributed by atoms with Crippen LogP contribution in [0.15, 0.2) is 18.2 Å². The molecule has 1 aliphatic rings. The van der Waals surface area contributed by atoms with Gasteiger partial charge < -0.3 is 20.3 Å².